The Kier molecular flexibility index (Phi) is 10.3. The highest BCUT2D eigenvalue weighted by Crippen LogP contribution is 2.10. The largest absolute Gasteiger partial charge is 0.466 e. The Balaban J connectivity index is 0.00000484. The zero-order valence-corrected chi connectivity index (χ0v) is 14.8. The van der Waals surface area contributed by atoms with Crippen LogP contribution < -0.4 is 11.1 Å². The van der Waals surface area contributed by atoms with Crippen molar-refractivity contribution in [2.45, 2.75) is 33.2 Å². The van der Waals surface area contributed by atoms with Gasteiger partial charge in [0.2, 0.25) is 5.91 Å². The van der Waals surface area contributed by atoms with Crippen LogP contribution in [0.1, 0.15) is 26.3 Å². The van der Waals surface area contributed by atoms with E-state index in [9.17, 15) is 9.59 Å². The van der Waals surface area contributed by atoms with E-state index in [2.05, 4.69) is 5.32 Å². The van der Waals surface area contributed by atoms with Gasteiger partial charge in [-0.3, -0.25) is 9.59 Å². The second kappa shape index (κ2) is 11.0. The van der Waals surface area contributed by atoms with Crippen molar-refractivity contribution in [3.8, 4) is 0 Å². The topological polar surface area (TPSA) is 81.4 Å². The second-order valence-corrected chi connectivity index (χ2v) is 5.65. The first-order chi connectivity index (χ1) is 10.5. The van der Waals surface area contributed by atoms with Gasteiger partial charge < -0.3 is 15.8 Å². The molecule has 130 valence electrons. The number of benzene rings is 1. The van der Waals surface area contributed by atoms with Gasteiger partial charge in [0.15, 0.2) is 0 Å². The third-order valence-electron chi connectivity index (χ3n) is 3.49. The third-order valence-corrected chi connectivity index (χ3v) is 3.49. The molecular formula is C17H27ClN2O3. The van der Waals surface area contributed by atoms with Crippen molar-refractivity contribution < 1.29 is 14.3 Å². The van der Waals surface area contributed by atoms with Gasteiger partial charge in [-0.15, -0.1) is 12.4 Å². The first kappa shape index (κ1) is 21.4. The minimum atomic E-state index is -0.570. The summed E-state index contributed by atoms with van der Waals surface area (Å²) in [5.41, 5.74) is 6.84. The van der Waals surface area contributed by atoms with Crippen LogP contribution in [0.2, 0.25) is 0 Å². The molecule has 0 spiro atoms. The molecule has 0 radical (unpaired) electrons. The van der Waals surface area contributed by atoms with Crippen LogP contribution in [0.15, 0.2) is 30.3 Å². The number of nitrogens with two attached hydrogens (primary N) is 1. The molecule has 0 fully saturated rings. The second-order valence-electron chi connectivity index (χ2n) is 5.65. The quantitative estimate of drug-likeness (QED) is 0.707. The number of nitrogens with one attached hydrogen (secondary N) is 1. The van der Waals surface area contributed by atoms with E-state index in [1.54, 1.807) is 6.92 Å². The summed E-state index contributed by atoms with van der Waals surface area (Å²) >= 11 is 0. The number of hydrogen-bond acceptors (Lipinski definition) is 4. The van der Waals surface area contributed by atoms with Crippen LogP contribution in [0, 0.1) is 11.8 Å². The molecule has 1 aromatic carbocycles. The lowest BCUT2D eigenvalue weighted by Gasteiger charge is -2.19. The molecule has 23 heavy (non-hydrogen) atoms. The van der Waals surface area contributed by atoms with Crippen LogP contribution >= 0.6 is 12.4 Å². The maximum absolute atomic E-state index is 12.1. The lowest BCUT2D eigenvalue weighted by Crippen LogP contribution is -2.46. The van der Waals surface area contributed by atoms with Crippen molar-refractivity contribution in [1.82, 2.24) is 5.32 Å². The Morgan fingerprint density at radius 3 is 2.35 bits per heavy atom. The monoisotopic (exact) mass is 342 g/mol. The Labute approximate surface area is 144 Å². The van der Waals surface area contributed by atoms with Gasteiger partial charge in [-0.25, -0.2) is 0 Å². The average Bonchev–Trinajstić information content (AvgIpc) is 2.51. The maximum Gasteiger partial charge on any atom is 0.311 e. The maximum atomic E-state index is 12.1. The van der Waals surface area contributed by atoms with Crippen molar-refractivity contribution in [2.75, 3.05) is 13.2 Å². The van der Waals surface area contributed by atoms with E-state index in [-0.39, 0.29) is 36.7 Å². The molecule has 6 heteroatoms. The summed E-state index contributed by atoms with van der Waals surface area (Å²) in [6.45, 7) is 6.09. The summed E-state index contributed by atoms with van der Waals surface area (Å²) in [4.78, 5) is 24.0. The number of hydrogen-bond donors (Lipinski definition) is 2. The molecule has 1 aromatic rings. The van der Waals surface area contributed by atoms with Crippen LogP contribution in [0.25, 0.3) is 0 Å². The minimum Gasteiger partial charge on any atom is -0.466 e. The van der Waals surface area contributed by atoms with E-state index in [4.69, 9.17) is 10.5 Å². The molecule has 1 amide bonds. The van der Waals surface area contributed by atoms with E-state index in [1.165, 1.54) is 0 Å². The number of ether oxygens (including phenoxy) is 1. The van der Waals surface area contributed by atoms with Gasteiger partial charge in [0, 0.05) is 6.54 Å². The highest BCUT2D eigenvalue weighted by molar-refractivity contribution is 5.85. The molecule has 0 aromatic heterocycles. The molecule has 0 aliphatic heterocycles. The third kappa shape index (κ3) is 7.48. The van der Waals surface area contributed by atoms with Gasteiger partial charge in [-0.2, -0.15) is 0 Å². The molecule has 0 heterocycles. The number of esters is 1. The van der Waals surface area contributed by atoms with Crippen molar-refractivity contribution in [2.24, 2.45) is 17.6 Å². The Morgan fingerprint density at radius 2 is 1.83 bits per heavy atom. The normalized spacial score (nSPS) is 12.9. The SMILES string of the molecule is CCOC(=O)C(CNC(=O)[C@@H](N)C(C)C)Cc1ccccc1.Cl. The number of carbonyl (C=O) groups is 2. The van der Waals surface area contributed by atoms with Crippen LogP contribution in [0.4, 0.5) is 0 Å². The zero-order valence-electron chi connectivity index (χ0n) is 14.0. The van der Waals surface area contributed by atoms with Gasteiger partial charge in [-0.05, 0) is 24.8 Å². The minimum absolute atomic E-state index is 0. The lowest BCUT2D eigenvalue weighted by molar-refractivity contribution is -0.147. The summed E-state index contributed by atoms with van der Waals surface area (Å²) in [6.07, 6.45) is 0.525. The molecule has 0 saturated heterocycles. The Morgan fingerprint density at radius 1 is 1.22 bits per heavy atom. The summed E-state index contributed by atoms with van der Waals surface area (Å²) in [6, 6.07) is 9.10. The van der Waals surface area contributed by atoms with Crippen molar-refractivity contribution in [3.63, 3.8) is 0 Å². The molecule has 0 aliphatic rings. The molecule has 0 bridgehead atoms. The molecule has 3 N–H and O–H groups in total. The van der Waals surface area contributed by atoms with E-state index >= 15 is 0 Å². The highest BCUT2D eigenvalue weighted by Gasteiger charge is 2.23. The van der Waals surface area contributed by atoms with Crippen molar-refractivity contribution >= 4 is 24.3 Å². The first-order valence-corrected chi connectivity index (χ1v) is 7.69. The van der Waals surface area contributed by atoms with Crippen LogP contribution in [0.5, 0.6) is 0 Å². The predicted octanol–water partition coefficient (Wildman–Crippen LogP) is 1.93. The predicted molar refractivity (Wildman–Crippen MR) is 93.3 cm³/mol. The van der Waals surface area contributed by atoms with Gasteiger partial charge in [0.25, 0.3) is 0 Å². The van der Waals surface area contributed by atoms with Crippen molar-refractivity contribution in [1.29, 1.82) is 0 Å². The van der Waals surface area contributed by atoms with Crippen LogP contribution in [-0.2, 0) is 20.7 Å². The van der Waals surface area contributed by atoms with E-state index in [0.717, 1.165) is 5.56 Å². The van der Waals surface area contributed by atoms with Gasteiger partial charge in [0.05, 0.1) is 18.6 Å². The van der Waals surface area contributed by atoms with Gasteiger partial charge in [-0.1, -0.05) is 44.2 Å². The molecular weight excluding hydrogens is 316 g/mol. The summed E-state index contributed by atoms with van der Waals surface area (Å²) in [7, 11) is 0. The first-order valence-electron chi connectivity index (χ1n) is 7.69. The smallest absolute Gasteiger partial charge is 0.311 e. The Bertz CT molecular complexity index is 480. The highest BCUT2D eigenvalue weighted by atomic mass is 35.5. The number of rotatable bonds is 8. The molecule has 1 rings (SSSR count). The van der Waals surface area contributed by atoms with E-state index in [1.807, 2.05) is 44.2 Å². The fourth-order valence-electron chi connectivity index (χ4n) is 2.04. The summed E-state index contributed by atoms with van der Waals surface area (Å²) in [5, 5.41) is 2.76. The molecule has 0 saturated carbocycles. The van der Waals surface area contributed by atoms with Crippen LogP contribution in [-0.4, -0.2) is 31.1 Å². The number of amides is 1. The van der Waals surface area contributed by atoms with Gasteiger partial charge >= 0.3 is 5.97 Å². The average molecular weight is 343 g/mol. The molecule has 2 atom stereocenters. The number of carbonyl (C=O) groups excluding carboxylic acids is 2. The fraction of sp³-hybridized carbons (Fsp3) is 0.529. The van der Waals surface area contributed by atoms with E-state index < -0.39 is 12.0 Å². The zero-order chi connectivity index (χ0) is 16.5. The van der Waals surface area contributed by atoms with Crippen LogP contribution in [0.3, 0.4) is 0 Å². The van der Waals surface area contributed by atoms with Crippen molar-refractivity contribution in [3.05, 3.63) is 35.9 Å². The summed E-state index contributed by atoms with van der Waals surface area (Å²) in [5.74, 6) is -0.900. The Hall–Kier alpha value is -1.59. The lowest BCUT2D eigenvalue weighted by atomic mass is 9.98. The molecule has 1 unspecified atom stereocenters. The fourth-order valence-corrected chi connectivity index (χ4v) is 2.04. The number of halogens is 1. The molecule has 5 nitrogen and oxygen atoms in total. The van der Waals surface area contributed by atoms with Gasteiger partial charge in [0.1, 0.15) is 0 Å². The standard InChI is InChI=1S/C17H26N2O3.ClH/c1-4-22-17(21)14(10-13-8-6-5-7-9-13)11-19-16(20)15(18)12(2)3;/h5-9,12,14-15H,4,10-11,18H2,1-3H3,(H,19,20);1H/t14?,15-;/m0./s1. The summed E-state index contributed by atoms with van der Waals surface area (Å²) < 4.78 is 5.09. The van der Waals surface area contributed by atoms with E-state index in [0.29, 0.717) is 13.0 Å². The molecule has 0 aliphatic carbocycles.